The second-order valence-electron chi connectivity index (χ2n) is 7.86. The van der Waals surface area contributed by atoms with E-state index in [0.29, 0.717) is 18.5 Å². The third-order valence-corrected chi connectivity index (χ3v) is 5.71. The highest BCUT2D eigenvalue weighted by atomic mass is 19.4. The molecule has 0 aromatic heterocycles. The van der Waals surface area contributed by atoms with Crippen LogP contribution in [0.1, 0.15) is 43.7 Å². The number of carbonyl (C=O) groups is 1. The second kappa shape index (κ2) is 11.0. The fourth-order valence-corrected chi connectivity index (χ4v) is 3.70. The molecule has 0 heterocycles. The Hall–Kier alpha value is -3.29. The van der Waals surface area contributed by atoms with Crippen molar-refractivity contribution in [2.75, 3.05) is 6.54 Å². The van der Waals surface area contributed by atoms with E-state index in [1.165, 1.54) is 29.3 Å². The van der Waals surface area contributed by atoms with Crippen molar-refractivity contribution in [1.82, 2.24) is 9.91 Å². The SMILES string of the molecule is C=NN(/C=C(\CC)c1ccc(OC(F)(F)F)cc1)C(=O)N(CCc1ccccc1)C1CCC1. The van der Waals surface area contributed by atoms with Crippen LogP contribution in [0.3, 0.4) is 0 Å². The Kier molecular flexibility index (Phi) is 8.14. The van der Waals surface area contributed by atoms with Gasteiger partial charge in [0, 0.05) is 25.5 Å². The van der Waals surface area contributed by atoms with Crippen LogP contribution in [0.5, 0.6) is 5.75 Å². The molecule has 1 saturated carbocycles. The summed E-state index contributed by atoms with van der Waals surface area (Å²) < 4.78 is 41.2. The first-order chi connectivity index (χ1) is 15.8. The molecule has 0 saturated heterocycles. The zero-order chi connectivity index (χ0) is 23.8. The average molecular weight is 460 g/mol. The quantitative estimate of drug-likeness (QED) is 0.319. The van der Waals surface area contributed by atoms with Crippen LogP contribution in [0.2, 0.25) is 0 Å². The van der Waals surface area contributed by atoms with E-state index in [9.17, 15) is 18.0 Å². The summed E-state index contributed by atoms with van der Waals surface area (Å²) in [6, 6.07) is 15.5. The van der Waals surface area contributed by atoms with E-state index in [2.05, 4.69) is 16.6 Å². The van der Waals surface area contributed by atoms with E-state index in [1.54, 1.807) is 6.20 Å². The van der Waals surface area contributed by atoms with E-state index in [-0.39, 0.29) is 17.8 Å². The lowest BCUT2D eigenvalue weighted by molar-refractivity contribution is -0.274. The molecular formula is C25H28F3N3O2. The van der Waals surface area contributed by atoms with Crippen molar-refractivity contribution >= 4 is 18.3 Å². The Morgan fingerprint density at radius 3 is 2.33 bits per heavy atom. The van der Waals surface area contributed by atoms with Gasteiger partial charge in [-0.1, -0.05) is 49.4 Å². The fourth-order valence-electron chi connectivity index (χ4n) is 3.70. The van der Waals surface area contributed by atoms with Crippen molar-refractivity contribution in [3.8, 4) is 5.75 Å². The summed E-state index contributed by atoms with van der Waals surface area (Å²) in [5.41, 5.74) is 2.57. The molecule has 0 spiro atoms. The number of hydrogen-bond donors (Lipinski definition) is 0. The molecule has 1 fully saturated rings. The lowest BCUT2D eigenvalue weighted by Crippen LogP contribution is -2.48. The van der Waals surface area contributed by atoms with Crippen LogP contribution in [-0.2, 0) is 6.42 Å². The van der Waals surface area contributed by atoms with Crippen molar-refractivity contribution in [3.63, 3.8) is 0 Å². The summed E-state index contributed by atoms with van der Waals surface area (Å²) in [7, 11) is 0. The predicted molar refractivity (Wildman–Crippen MR) is 123 cm³/mol. The molecule has 2 amide bonds. The molecule has 0 unspecified atom stereocenters. The minimum atomic E-state index is -4.74. The molecular weight excluding hydrogens is 431 g/mol. The summed E-state index contributed by atoms with van der Waals surface area (Å²) in [6.07, 6.45) is 1.14. The van der Waals surface area contributed by atoms with Crippen LogP contribution in [-0.4, -0.2) is 41.6 Å². The average Bonchev–Trinajstić information content (AvgIpc) is 2.76. The molecule has 0 bridgehead atoms. The molecule has 3 rings (SSSR count). The van der Waals surface area contributed by atoms with E-state index < -0.39 is 6.36 Å². The van der Waals surface area contributed by atoms with Crippen molar-refractivity contribution in [2.24, 2.45) is 5.10 Å². The highest BCUT2D eigenvalue weighted by Crippen LogP contribution is 2.28. The maximum atomic E-state index is 13.4. The fraction of sp³-hybridized carbons (Fsp3) is 0.360. The van der Waals surface area contributed by atoms with E-state index in [0.717, 1.165) is 36.8 Å². The number of benzene rings is 2. The number of rotatable bonds is 9. The third-order valence-electron chi connectivity index (χ3n) is 5.71. The Bertz CT molecular complexity index is 955. The molecule has 0 aliphatic heterocycles. The van der Waals surface area contributed by atoms with Gasteiger partial charge in [-0.25, -0.2) is 4.79 Å². The molecule has 0 radical (unpaired) electrons. The predicted octanol–water partition coefficient (Wildman–Crippen LogP) is 6.47. The number of alkyl halides is 3. The number of urea groups is 1. The number of ether oxygens (including phenoxy) is 1. The first-order valence-corrected chi connectivity index (χ1v) is 11.0. The second-order valence-corrected chi connectivity index (χ2v) is 7.86. The van der Waals surface area contributed by atoms with E-state index in [1.807, 2.05) is 42.2 Å². The Balaban J connectivity index is 1.76. The molecule has 33 heavy (non-hydrogen) atoms. The van der Waals surface area contributed by atoms with Gasteiger partial charge in [0.1, 0.15) is 5.75 Å². The number of allylic oxidation sites excluding steroid dienone is 1. The summed E-state index contributed by atoms with van der Waals surface area (Å²) >= 11 is 0. The Morgan fingerprint density at radius 1 is 1.15 bits per heavy atom. The van der Waals surface area contributed by atoms with Crippen LogP contribution in [0, 0.1) is 0 Å². The van der Waals surface area contributed by atoms with Gasteiger partial charge in [0.25, 0.3) is 0 Å². The van der Waals surface area contributed by atoms with Gasteiger partial charge in [-0.3, -0.25) is 0 Å². The Morgan fingerprint density at radius 2 is 1.82 bits per heavy atom. The van der Waals surface area contributed by atoms with Gasteiger partial charge in [0.15, 0.2) is 0 Å². The molecule has 0 atom stereocenters. The van der Waals surface area contributed by atoms with Crippen molar-refractivity contribution in [3.05, 3.63) is 71.9 Å². The van der Waals surface area contributed by atoms with Crippen LogP contribution >= 0.6 is 0 Å². The smallest absolute Gasteiger partial charge is 0.406 e. The van der Waals surface area contributed by atoms with Crippen LogP contribution in [0.25, 0.3) is 5.57 Å². The normalized spacial score (nSPS) is 14.4. The van der Waals surface area contributed by atoms with Gasteiger partial charge in [-0.2, -0.15) is 10.1 Å². The molecule has 8 heteroatoms. The number of hydrazone groups is 1. The summed E-state index contributed by atoms with van der Waals surface area (Å²) in [5.74, 6) is -0.298. The largest absolute Gasteiger partial charge is 0.573 e. The summed E-state index contributed by atoms with van der Waals surface area (Å²) in [5, 5.41) is 5.15. The van der Waals surface area contributed by atoms with Gasteiger partial charge in [-0.15, -0.1) is 13.2 Å². The van der Waals surface area contributed by atoms with Crippen LogP contribution in [0.15, 0.2) is 65.9 Å². The highest BCUT2D eigenvalue weighted by Gasteiger charge is 2.32. The minimum absolute atomic E-state index is 0.169. The van der Waals surface area contributed by atoms with E-state index >= 15 is 0 Å². The lowest BCUT2D eigenvalue weighted by atomic mass is 9.91. The molecule has 176 valence electrons. The molecule has 0 N–H and O–H groups in total. The minimum Gasteiger partial charge on any atom is -0.406 e. The van der Waals surface area contributed by atoms with Crippen LogP contribution in [0.4, 0.5) is 18.0 Å². The van der Waals surface area contributed by atoms with Crippen molar-refractivity contribution in [1.29, 1.82) is 0 Å². The topological polar surface area (TPSA) is 45.1 Å². The number of hydrogen-bond acceptors (Lipinski definition) is 3. The monoisotopic (exact) mass is 459 g/mol. The van der Waals surface area contributed by atoms with Crippen molar-refractivity contribution < 1.29 is 22.7 Å². The zero-order valence-electron chi connectivity index (χ0n) is 18.6. The third kappa shape index (κ3) is 6.84. The van der Waals surface area contributed by atoms with Gasteiger partial charge in [0.05, 0.1) is 0 Å². The van der Waals surface area contributed by atoms with Crippen LogP contribution < -0.4 is 4.74 Å². The molecule has 2 aromatic carbocycles. The first-order valence-electron chi connectivity index (χ1n) is 11.0. The molecule has 1 aliphatic rings. The zero-order valence-corrected chi connectivity index (χ0v) is 18.6. The first kappa shape index (κ1) is 24.4. The summed E-state index contributed by atoms with van der Waals surface area (Å²) in [6.45, 7) is 6.03. The molecule has 1 aliphatic carbocycles. The number of carbonyl (C=O) groups excluding carboxylic acids is 1. The number of amides is 2. The van der Waals surface area contributed by atoms with Gasteiger partial charge in [0.2, 0.25) is 0 Å². The lowest BCUT2D eigenvalue weighted by Gasteiger charge is -2.38. The van der Waals surface area contributed by atoms with Gasteiger partial charge in [-0.05, 0) is 60.9 Å². The Labute approximate surface area is 192 Å². The molecule has 5 nitrogen and oxygen atoms in total. The number of nitrogens with zero attached hydrogens (tertiary/aromatic N) is 3. The van der Waals surface area contributed by atoms with Crippen molar-refractivity contribution in [2.45, 2.75) is 51.4 Å². The van der Waals surface area contributed by atoms with E-state index in [4.69, 9.17) is 0 Å². The van der Waals surface area contributed by atoms with Gasteiger partial charge < -0.3 is 9.64 Å². The van der Waals surface area contributed by atoms with Gasteiger partial charge >= 0.3 is 12.4 Å². The summed E-state index contributed by atoms with van der Waals surface area (Å²) in [4.78, 5) is 15.2. The highest BCUT2D eigenvalue weighted by molar-refractivity contribution is 5.78. The number of halogens is 3. The standard InChI is InChI=1S/C25H28F3N3O2/c1-3-20(21-12-14-23(15-13-21)33-25(26,27)28)18-31(29-2)24(32)30(22-10-7-11-22)17-16-19-8-5-4-6-9-19/h4-6,8-9,12-15,18,22H,2-3,7,10-11,16-17H2,1H3/b20-18+. The maximum absolute atomic E-state index is 13.4. The molecule has 2 aromatic rings. The maximum Gasteiger partial charge on any atom is 0.573 e.